The van der Waals surface area contributed by atoms with Gasteiger partial charge in [0.15, 0.2) is 11.6 Å². The number of nitrogen functional groups attached to an aromatic ring is 1. The zero-order chi connectivity index (χ0) is 12.4. The molecule has 0 bridgehead atoms. The van der Waals surface area contributed by atoms with E-state index in [1.807, 2.05) is 23.5 Å². The van der Waals surface area contributed by atoms with Crippen LogP contribution in [-0.2, 0) is 0 Å². The number of nitrogens with zero attached hydrogens (tertiary/aromatic N) is 2. The molecule has 0 spiro atoms. The number of aryl methyl sites for hydroxylation is 1. The topological polar surface area (TPSA) is 63.8 Å². The zero-order valence-corrected chi connectivity index (χ0v) is 11.4. The van der Waals surface area contributed by atoms with Crippen molar-refractivity contribution in [1.82, 2.24) is 9.97 Å². The molecule has 0 amide bonds. The second-order valence-electron chi connectivity index (χ2n) is 3.84. The molecule has 1 aromatic rings. The molecule has 94 valence electrons. The lowest BCUT2D eigenvalue weighted by Gasteiger charge is -2.27. The number of rotatable bonds is 2. The lowest BCUT2D eigenvalue weighted by molar-refractivity contribution is 0.598. The average Bonchev–Trinajstić information content (AvgIpc) is 2.33. The maximum absolute atomic E-state index is 13.6. The van der Waals surface area contributed by atoms with E-state index in [0.29, 0.717) is 16.8 Å². The first-order chi connectivity index (χ1) is 8.13. The number of hydrogen-bond donors (Lipinski definition) is 2. The van der Waals surface area contributed by atoms with Gasteiger partial charge in [0, 0.05) is 16.8 Å². The number of nitrogens with one attached hydrogen (secondary N) is 1. The smallest absolute Gasteiger partial charge is 0.187 e. The van der Waals surface area contributed by atoms with Gasteiger partial charge >= 0.3 is 0 Å². The predicted molar refractivity (Wildman–Crippen MR) is 71.7 cm³/mol. The van der Waals surface area contributed by atoms with Crippen molar-refractivity contribution < 1.29 is 4.39 Å². The van der Waals surface area contributed by atoms with E-state index in [2.05, 4.69) is 22.3 Å². The van der Waals surface area contributed by atoms with Crippen molar-refractivity contribution in [1.29, 1.82) is 0 Å². The fraction of sp³-hybridized carbons (Fsp3) is 0.600. The van der Waals surface area contributed by atoms with Crippen molar-refractivity contribution in [2.45, 2.75) is 24.3 Å². The standard InChI is InChI=1S/C10H15FN4S2/c1-5-7(11)9(15-12)14-10(13-5)8-6(2)16-3-4-17-8/h6,8H,3-4,12H2,1-2H3,(H,13,14,15). The molecule has 4 nitrogen and oxygen atoms in total. The van der Waals surface area contributed by atoms with Crippen LogP contribution in [0.1, 0.15) is 23.7 Å². The van der Waals surface area contributed by atoms with E-state index in [9.17, 15) is 4.39 Å². The highest BCUT2D eigenvalue weighted by atomic mass is 32.2. The first-order valence-electron chi connectivity index (χ1n) is 5.37. The van der Waals surface area contributed by atoms with E-state index < -0.39 is 5.82 Å². The van der Waals surface area contributed by atoms with E-state index in [1.165, 1.54) is 0 Å². The van der Waals surface area contributed by atoms with Crippen LogP contribution < -0.4 is 11.3 Å². The van der Waals surface area contributed by atoms with Crippen molar-refractivity contribution >= 4 is 29.3 Å². The number of anilines is 1. The summed E-state index contributed by atoms with van der Waals surface area (Å²) in [4.78, 5) is 8.41. The third-order valence-electron chi connectivity index (χ3n) is 2.61. The molecule has 17 heavy (non-hydrogen) atoms. The summed E-state index contributed by atoms with van der Waals surface area (Å²) in [6.07, 6.45) is 0. The highest BCUT2D eigenvalue weighted by Crippen LogP contribution is 2.41. The summed E-state index contributed by atoms with van der Waals surface area (Å²) in [5.41, 5.74) is 2.63. The highest BCUT2D eigenvalue weighted by molar-refractivity contribution is 8.06. The SMILES string of the molecule is Cc1nc(C2SCCSC2C)nc(NN)c1F. The first kappa shape index (κ1) is 12.9. The molecule has 1 aliphatic heterocycles. The van der Waals surface area contributed by atoms with Crippen LogP contribution in [0.4, 0.5) is 10.2 Å². The zero-order valence-electron chi connectivity index (χ0n) is 9.74. The van der Waals surface area contributed by atoms with Gasteiger partial charge in [-0.05, 0) is 6.92 Å². The van der Waals surface area contributed by atoms with Crippen LogP contribution in [0.15, 0.2) is 0 Å². The summed E-state index contributed by atoms with van der Waals surface area (Å²) in [6.45, 7) is 3.78. The molecular weight excluding hydrogens is 259 g/mol. The van der Waals surface area contributed by atoms with Gasteiger partial charge in [0.1, 0.15) is 5.82 Å². The van der Waals surface area contributed by atoms with E-state index in [1.54, 1.807) is 6.92 Å². The van der Waals surface area contributed by atoms with Gasteiger partial charge in [-0.2, -0.15) is 11.8 Å². The Morgan fingerprint density at radius 3 is 2.71 bits per heavy atom. The van der Waals surface area contributed by atoms with Crippen LogP contribution in [0.25, 0.3) is 0 Å². The van der Waals surface area contributed by atoms with Crippen LogP contribution in [0.3, 0.4) is 0 Å². The van der Waals surface area contributed by atoms with Crippen molar-refractivity contribution in [3.8, 4) is 0 Å². The predicted octanol–water partition coefficient (Wildman–Crippen LogP) is 2.12. The van der Waals surface area contributed by atoms with Crippen molar-refractivity contribution in [3.05, 3.63) is 17.3 Å². The highest BCUT2D eigenvalue weighted by Gasteiger charge is 2.27. The molecule has 1 saturated heterocycles. The van der Waals surface area contributed by atoms with Crippen LogP contribution in [0.5, 0.6) is 0 Å². The molecule has 0 aromatic carbocycles. The van der Waals surface area contributed by atoms with Gasteiger partial charge in [-0.3, -0.25) is 0 Å². The quantitative estimate of drug-likeness (QED) is 0.636. The molecule has 1 aliphatic rings. The number of halogens is 1. The summed E-state index contributed by atoms with van der Waals surface area (Å²) in [7, 11) is 0. The number of hydrogen-bond acceptors (Lipinski definition) is 6. The molecule has 7 heteroatoms. The molecule has 2 rings (SSSR count). The van der Waals surface area contributed by atoms with Crippen molar-refractivity contribution in [2.24, 2.45) is 5.84 Å². The second kappa shape index (κ2) is 5.41. The molecule has 0 aliphatic carbocycles. The third kappa shape index (κ3) is 2.66. The molecule has 1 fully saturated rings. The van der Waals surface area contributed by atoms with E-state index in [4.69, 9.17) is 5.84 Å². The van der Waals surface area contributed by atoms with Gasteiger partial charge in [0.05, 0.1) is 10.9 Å². The maximum Gasteiger partial charge on any atom is 0.187 e. The fourth-order valence-electron chi connectivity index (χ4n) is 1.72. The monoisotopic (exact) mass is 274 g/mol. The van der Waals surface area contributed by atoms with Gasteiger partial charge < -0.3 is 5.43 Å². The van der Waals surface area contributed by atoms with Crippen molar-refractivity contribution in [3.63, 3.8) is 0 Å². The summed E-state index contributed by atoms with van der Waals surface area (Å²) < 4.78 is 13.6. The minimum Gasteiger partial charge on any atom is -0.306 e. The molecule has 2 unspecified atom stereocenters. The largest absolute Gasteiger partial charge is 0.306 e. The Kier molecular flexibility index (Phi) is 4.11. The van der Waals surface area contributed by atoms with Crippen LogP contribution in [0, 0.1) is 12.7 Å². The molecule has 1 aromatic heterocycles. The Labute approximate surface area is 108 Å². The number of nitrogens with two attached hydrogens (primary N) is 1. The minimum atomic E-state index is -0.475. The van der Waals surface area contributed by atoms with Gasteiger partial charge in [-0.1, -0.05) is 6.92 Å². The van der Waals surface area contributed by atoms with Crippen molar-refractivity contribution in [2.75, 3.05) is 16.9 Å². The number of thioether (sulfide) groups is 2. The van der Waals surface area contributed by atoms with E-state index in [-0.39, 0.29) is 11.1 Å². The molecular formula is C10H15FN4S2. The molecule has 0 radical (unpaired) electrons. The van der Waals surface area contributed by atoms with Gasteiger partial charge in [0.2, 0.25) is 0 Å². The number of hydrazine groups is 1. The van der Waals surface area contributed by atoms with Crippen LogP contribution in [0.2, 0.25) is 0 Å². The first-order valence-corrected chi connectivity index (χ1v) is 7.47. The molecule has 3 N–H and O–H groups in total. The third-order valence-corrected chi connectivity index (χ3v) is 5.70. The second-order valence-corrected chi connectivity index (χ2v) is 6.58. The summed E-state index contributed by atoms with van der Waals surface area (Å²) in [6, 6.07) is 0. The lowest BCUT2D eigenvalue weighted by atomic mass is 10.3. The average molecular weight is 274 g/mol. The number of aromatic nitrogens is 2. The molecule has 0 saturated carbocycles. The molecule has 2 atom stereocenters. The summed E-state index contributed by atoms with van der Waals surface area (Å²) in [5.74, 6) is 7.75. The van der Waals surface area contributed by atoms with Gasteiger partial charge in [-0.15, -0.1) is 11.8 Å². The van der Waals surface area contributed by atoms with E-state index in [0.717, 1.165) is 11.5 Å². The maximum atomic E-state index is 13.6. The Balaban J connectivity index is 2.34. The Bertz CT molecular complexity index is 416. The van der Waals surface area contributed by atoms with Gasteiger partial charge in [0.25, 0.3) is 0 Å². The lowest BCUT2D eigenvalue weighted by Crippen LogP contribution is -2.21. The minimum absolute atomic E-state index is 0.0795. The van der Waals surface area contributed by atoms with Crippen LogP contribution in [-0.4, -0.2) is 26.7 Å². The Hall–Kier alpha value is -0.530. The Morgan fingerprint density at radius 1 is 1.35 bits per heavy atom. The molecule has 2 heterocycles. The fourth-order valence-corrected chi connectivity index (χ4v) is 4.41. The normalized spacial score (nSPS) is 24.7. The van der Waals surface area contributed by atoms with Gasteiger partial charge in [-0.25, -0.2) is 20.2 Å². The Morgan fingerprint density at radius 2 is 2.06 bits per heavy atom. The summed E-state index contributed by atoms with van der Waals surface area (Å²) >= 11 is 3.72. The van der Waals surface area contributed by atoms with Crippen LogP contribution >= 0.6 is 23.5 Å². The van der Waals surface area contributed by atoms with E-state index >= 15 is 0 Å². The summed E-state index contributed by atoms with van der Waals surface area (Å²) in [5, 5.41) is 0.643.